The maximum atomic E-state index is 12.1. The van der Waals surface area contributed by atoms with Gasteiger partial charge in [0, 0.05) is 32.1 Å². The first-order chi connectivity index (χ1) is 8.78. The van der Waals surface area contributed by atoms with E-state index in [1.165, 1.54) is 0 Å². The van der Waals surface area contributed by atoms with Gasteiger partial charge in [-0.25, -0.2) is 4.79 Å². The highest BCUT2D eigenvalue weighted by atomic mass is 16.6. The fourth-order valence-corrected chi connectivity index (χ4v) is 2.34. The lowest BCUT2D eigenvalue weighted by atomic mass is 10.2. The van der Waals surface area contributed by atoms with Crippen molar-refractivity contribution >= 4 is 12.0 Å². The number of rotatable bonds is 1. The van der Waals surface area contributed by atoms with Crippen LogP contribution in [0, 0.1) is 11.8 Å². The Morgan fingerprint density at radius 1 is 1.05 bits per heavy atom. The highest BCUT2D eigenvalue weighted by molar-refractivity contribution is 5.82. The van der Waals surface area contributed by atoms with Gasteiger partial charge in [0.25, 0.3) is 0 Å². The van der Waals surface area contributed by atoms with Crippen molar-refractivity contribution in [2.75, 3.05) is 26.2 Å². The number of hydrogen-bond donors (Lipinski definition) is 0. The molecule has 0 aromatic carbocycles. The number of carbonyl (C=O) groups is 2. The van der Waals surface area contributed by atoms with E-state index >= 15 is 0 Å². The minimum atomic E-state index is -0.465. The average molecular weight is 268 g/mol. The smallest absolute Gasteiger partial charge is 0.410 e. The molecular weight excluding hydrogens is 244 g/mol. The van der Waals surface area contributed by atoms with Crippen LogP contribution in [0.2, 0.25) is 0 Å². The predicted octanol–water partition coefficient (Wildman–Crippen LogP) is 1.72. The molecule has 19 heavy (non-hydrogen) atoms. The number of piperazine rings is 1. The summed E-state index contributed by atoms with van der Waals surface area (Å²) in [7, 11) is 0. The summed E-state index contributed by atoms with van der Waals surface area (Å²) in [4.78, 5) is 27.5. The number of carbonyl (C=O) groups excluding carboxylic acids is 2. The van der Waals surface area contributed by atoms with E-state index in [0.717, 1.165) is 6.42 Å². The van der Waals surface area contributed by atoms with Crippen LogP contribution < -0.4 is 0 Å². The number of ether oxygens (including phenoxy) is 1. The number of hydrogen-bond acceptors (Lipinski definition) is 3. The Balaban J connectivity index is 1.79. The molecule has 5 nitrogen and oxygen atoms in total. The van der Waals surface area contributed by atoms with Crippen LogP contribution in [0.25, 0.3) is 0 Å². The quantitative estimate of drug-likeness (QED) is 0.727. The zero-order chi connectivity index (χ0) is 14.2. The van der Waals surface area contributed by atoms with E-state index in [9.17, 15) is 9.59 Å². The molecule has 1 heterocycles. The van der Waals surface area contributed by atoms with Crippen molar-refractivity contribution in [3.05, 3.63) is 0 Å². The van der Waals surface area contributed by atoms with Crippen molar-refractivity contribution in [3.8, 4) is 0 Å². The molecule has 0 bridgehead atoms. The van der Waals surface area contributed by atoms with Crippen LogP contribution in [0.15, 0.2) is 0 Å². The molecule has 1 saturated heterocycles. The highest BCUT2D eigenvalue weighted by Crippen LogP contribution is 2.39. The van der Waals surface area contributed by atoms with Gasteiger partial charge in [0.1, 0.15) is 5.60 Å². The first kappa shape index (κ1) is 14.2. The van der Waals surface area contributed by atoms with Gasteiger partial charge in [-0.3, -0.25) is 4.79 Å². The third-order valence-corrected chi connectivity index (χ3v) is 3.67. The summed E-state index contributed by atoms with van der Waals surface area (Å²) >= 11 is 0. The molecule has 2 fully saturated rings. The number of amides is 2. The first-order valence-electron chi connectivity index (χ1n) is 7.04. The van der Waals surface area contributed by atoms with E-state index < -0.39 is 5.60 Å². The molecular formula is C14H24N2O3. The summed E-state index contributed by atoms with van der Waals surface area (Å²) in [6.07, 6.45) is 0.741. The van der Waals surface area contributed by atoms with Gasteiger partial charge in [0.15, 0.2) is 0 Å². The summed E-state index contributed by atoms with van der Waals surface area (Å²) in [5, 5.41) is 0. The van der Waals surface area contributed by atoms with Crippen LogP contribution in [0.4, 0.5) is 4.79 Å². The summed E-state index contributed by atoms with van der Waals surface area (Å²) in [6.45, 7) is 10.1. The van der Waals surface area contributed by atoms with Crippen molar-refractivity contribution < 1.29 is 14.3 Å². The SMILES string of the molecule is CC1CC1C(=O)N1CCN(C(=O)OC(C)(C)C)CC1. The summed E-state index contributed by atoms with van der Waals surface area (Å²) in [6, 6.07) is 0. The molecule has 2 unspecified atom stereocenters. The van der Waals surface area contributed by atoms with Gasteiger partial charge in [-0.1, -0.05) is 6.92 Å². The zero-order valence-corrected chi connectivity index (χ0v) is 12.3. The Hall–Kier alpha value is -1.26. The molecule has 2 atom stereocenters. The zero-order valence-electron chi connectivity index (χ0n) is 12.3. The second-order valence-corrected chi connectivity index (χ2v) is 6.61. The van der Waals surface area contributed by atoms with E-state index in [1.54, 1.807) is 4.90 Å². The van der Waals surface area contributed by atoms with Gasteiger partial charge in [-0.05, 0) is 33.1 Å². The van der Waals surface area contributed by atoms with Crippen molar-refractivity contribution in [3.63, 3.8) is 0 Å². The molecule has 0 aromatic rings. The van der Waals surface area contributed by atoms with Crippen LogP contribution in [-0.2, 0) is 9.53 Å². The van der Waals surface area contributed by atoms with E-state index in [2.05, 4.69) is 6.92 Å². The topological polar surface area (TPSA) is 49.9 Å². The van der Waals surface area contributed by atoms with E-state index in [1.807, 2.05) is 25.7 Å². The van der Waals surface area contributed by atoms with Crippen molar-refractivity contribution in [2.24, 2.45) is 11.8 Å². The summed E-state index contributed by atoms with van der Waals surface area (Å²) in [5.41, 5.74) is -0.465. The molecule has 0 N–H and O–H groups in total. The van der Waals surface area contributed by atoms with Crippen LogP contribution in [-0.4, -0.2) is 53.6 Å². The molecule has 2 rings (SSSR count). The van der Waals surface area contributed by atoms with Gasteiger partial charge in [0.2, 0.25) is 5.91 Å². The standard InChI is InChI=1S/C14H24N2O3/c1-10-9-11(10)12(17)15-5-7-16(8-6-15)13(18)19-14(2,3)4/h10-11H,5-9H2,1-4H3. The van der Waals surface area contributed by atoms with Crippen LogP contribution >= 0.6 is 0 Å². The molecule has 0 radical (unpaired) electrons. The molecule has 2 amide bonds. The Kier molecular flexibility index (Phi) is 3.74. The van der Waals surface area contributed by atoms with Crippen molar-refractivity contribution in [1.82, 2.24) is 9.80 Å². The Labute approximate surface area is 114 Å². The van der Waals surface area contributed by atoms with E-state index in [-0.39, 0.29) is 17.9 Å². The fraction of sp³-hybridized carbons (Fsp3) is 0.857. The lowest BCUT2D eigenvalue weighted by molar-refractivity contribution is -0.134. The third-order valence-electron chi connectivity index (χ3n) is 3.67. The van der Waals surface area contributed by atoms with Gasteiger partial charge in [-0.15, -0.1) is 0 Å². The molecule has 5 heteroatoms. The number of nitrogens with zero attached hydrogens (tertiary/aromatic N) is 2. The van der Waals surface area contributed by atoms with Crippen molar-refractivity contribution in [1.29, 1.82) is 0 Å². The van der Waals surface area contributed by atoms with Gasteiger partial charge < -0.3 is 14.5 Å². The molecule has 0 spiro atoms. The minimum Gasteiger partial charge on any atom is -0.444 e. The maximum Gasteiger partial charge on any atom is 0.410 e. The van der Waals surface area contributed by atoms with Crippen LogP contribution in [0.1, 0.15) is 34.1 Å². The van der Waals surface area contributed by atoms with E-state index in [0.29, 0.717) is 32.1 Å². The molecule has 0 aromatic heterocycles. The molecule has 108 valence electrons. The van der Waals surface area contributed by atoms with Crippen molar-refractivity contribution in [2.45, 2.75) is 39.7 Å². The molecule has 1 aliphatic carbocycles. The van der Waals surface area contributed by atoms with Gasteiger partial charge in [0.05, 0.1) is 0 Å². The minimum absolute atomic E-state index is 0.230. The summed E-state index contributed by atoms with van der Waals surface area (Å²) in [5.74, 6) is 1.03. The lowest BCUT2D eigenvalue weighted by Crippen LogP contribution is -2.52. The fourth-order valence-electron chi connectivity index (χ4n) is 2.34. The first-order valence-corrected chi connectivity index (χ1v) is 7.04. The Morgan fingerprint density at radius 2 is 1.53 bits per heavy atom. The molecule has 1 saturated carbocycles. The summed E-state index contributed by atoms with van der Waals surface area (Å²) < 4.78 is 5.33. The van der Waals surface area contributed by atoms with E-state index in [4.69, 9.17) is 4.74 Å². The van der Waals surface area contributed by atoms with Gasteiger partial charge >= 0.3 is 6.09 Å². The van der Waals surface area contributed by atoms with Crippen LogP contribution in [0.5, 0.6) is 0 Å². The monoisotopic (exact) mass is 268 g/mol. The van der Waals surface area contributed by atoms with Gasteiger partial charge in [-0.2, -0.15) is 0 Å². The predicted molar refractivity (Wildman–Crippen MR) is 71.7 cm³/mol. The molecule has 1 aliphatic heterocycles. The van der Waals surface area contributed by atoms with Crippen LogP contribution in [0.3, 0.4) is 0 Å². The molecule has 2 aliphatic rings. The third kappa shape index (κ3) is 3.61. The largest absolute Gasteiger partial charge is 0.444 e. The Bertz CT molecular complexity index is 367. The maximum absolute atomic E-state index is 12.1. The second-order valence-electron chi connectivity index (χ2n) is 6.61. The highest BCUT2D eigenvalue weighted by Gasteiger charge is 2.42. The Morgan fingerprint density at radius 3 is 1.95 bits per heavy atom. The lowest BCUT2D eigenvalue weighted by Gasteiger charge is -2.35. The second kappa shape index (κ2) is 5.02. The normalized spacial score (nSPS) is 27.2. The average Bonchev–Trinajstić information content (AvgIpc) is 3.03.